The van der Waals surface area contributed by atoms with Gasteiger partial charge >= 0.3 is 6.09 Å². The maximum atomic E-state index is 13.1. The average Bonchev–Trinajstić information content (AvgIpc) is 2.86. The number of fused-ring (bicyclic) bond motifs is 2. The first kappa shape index (κ1) is 29.7. The maximum absolute atomic E-state index is 13.1. The lowest BCUT2D eigenvalue weighted by atomic mass is 9.93. The van der Waals surface area contributed by atoms with Crippen LogP contribution in [0.2, 0.25) is 0 Å². The van der Waals surface area contributed by atoms with Crippen molar-refractivity contribution in [2.24, 2.45) is 5.73 Å². The lowest BCUT2D eigenvalue weighted by Crippen LogP contribution is -2.34. The topological polar surface area (TPSA) is 143 Å². The summed E-state index contributed by atoms with van der Waals surface area (Å²) < 4.78 is 21.7. The SMILES string of the molecule is COC1=C2CCCC(OC)CC/C=C(\C)C(OC(N)=O)C(OC)/C=C\C=C(/C)C(=O)NC(=CC1=O)C2=O. The van der Waals surface area contributed by atoms with Crippen LogP contribution in [-0.2, 0) is 33.3 Å². The Bertz CT molecular complexity index is 1050. The Morgan fingerprint density at radius 2 is 1.81 bits per heavy atom. The maximum Gasteiger partial charge on any atom is 0.405 e. The van der Waals surface area contributed by atoms with Gasteiger partial charge in [0.2, 0.25) is 11.6 Å². The zero-order valence-corrected chi connectivity index (χ0v) is 22.0. The summed E-state index contributed by atoms with van der Waals surface area (Å²) in [6, 6.07) is 0. The summed E-state index contributed by atoms with van der Waals surface area (Å²) in [6.45, 7) is 3.38. The number of hydrogen-bond donors (Lipinski definition) is 2. The van der Waals surface area contributed by atoms with Crippen LogP contribution in [-0.4, -0.2) is 63.2 Å². The van der Waals surface area contributed by atoms with Gasteiger partial charge in [0.1, 0.15) is 6.10 Å². The van der Waals surface area contributed by atoms with Crippen molar-refractivity contribution in [3.05, 3.63) is 58.6 Å². The summed E-state index contributed by atoms with van der Waals surface area (Å²) in [6.07, 6.45) is 8.06. The fraction of sp³-hybridized carbons (Fsp3) is 0.481. The fourth-order valence-corrected chi connectivity index (χ4v) is 4.17. The number of hydrogen-bond acceptors (Lipinski definition) is 8. The highest BCUT2D eigenvalue weighted by Gasteiger charge is 2.30. The van der Waals surface area contributed by atoms with Crippen LogP contribution >= 0.6 is 0 Å². The fourth-order valence-electron chi connectivity index (χ4n) is 4.17. The van der Waals surface area contributed by atoms with E-state index >= 15 is 0 Å². The number of ketones is 2. The Morgan fingerprint density at radius 3 is 2.43 bits per heavy atom. The van der Waals surface area contributed by atoms with E-state index in [1.165, 1.54) is 20.3 Å². The summed E-state index contributed by atoms with van der Waals surface area (Å²) in [5.74, 6) is -1.50. The smallest absolute Gasteiger partial charge is 0.405 e. The minimum absolute atomic E-state index is 0.0114. The molecule has 0 fully saturated rings. The van der Waals surface area contributed by atoms with Crippen LogP contribution in [0.5, 0.6) is 0 Å². The molecule has 1 heterocycles. The average molecular weight is 517 g/mol. The van der Waals surface area contributed by atoms with Gasteiger partial charge in [-0.2, -0.15) is 0 Å². The molecule has 0 aromatic heterocycles. The number of nitrogens with two attached hydrogens (primary N) is 1. The molecule has 0 spiro atoms. The van der Waals surface area contributed by atoms with Gasteiger partial charge in [-0.25, -0.2) is 4.79 Å². The highest BCUT2D eigenvalue weighted by molar-refractivity contribution is 6.23. The van der Waals surface area contributed by atoms with Gasteiger partial charge in [0.25, 0.3) is 5.91 Å². The first-order valence-corrected chi connectivity index (χ1v) is 12.1. The number of carbonyl (C=O) groups excluding carboxylic acids is 4. The molecule has 3 N–H and O–H groups in total. The van der Waals surface area contributed by atoms with Crippen LogP contribution in [0.4, 0.5) is 4.79 Å². The second-order valence-electron chi connectivity index (χ2n) is 8.79. The summed E-state index contributed by atoms with van der Waals surface area (Å²) in [7, 11) is 4.42. The van der Waals surface area contributed by atoms with Crippen molar-refractivity contribution in [1.29, 1.82) is 0 Å². The lowest BCUT2D eigenvalue weighted by molar-refractivity contribution is -0.120. The zero-order valence-electron chi connectivity index (χ0n) is 22.0. The van der Waals surface area contributed by atoms with E-state index in [2.05, 4.69) is 5.32 Å². The van der Waals surface area contributed by atoms with Crippen LogP contribution in [0.1, 0.15) is 46.0 Å². The minimum Gasteiger partial charge on any atom is -0.492 e. The molecule has 0 saturated heterocycles. The molecule has 2 aliphatic rings. The van der Waals surface area contributed by atoms with Gasteiger partial charge in [-0.15, -0.1) is 0 Å². The number of amides is 2. The Kier molecular flexibility index (Phi) is 11.5. The van der Waals surface area contributed by atoms with Crippen molar-refractivity contribution in [2.75, 3.05) is 21.3 Å². The van der Waals surface area contributed by atoms with Gasteiger partial charge in [0.05, 0.1) is 18.9 Å². The number of primary amides is 1. The molecule has 37 heavy (non-hydrogen) atoms. The standard InChI is InChI=1S/C27H36N2O8/c1-16-9-6-11-18(34-3)12-8-13-19-23(31)20(15-21(30)25(19)36-5)29-26(32)17(2)10-7-14-22(35-4)24(16)37-27(28)33/h7,9-10,14-15,18,22,24H,6,8,11-13H2,1-5H3,(H2,28,33)(H,29,32)/b14-7-,16-9+,17-10+. The van der Waals surface area contributed by atoms with E-state index in [1.54, 1.807) is 26.2 Å². The molecule has 10 nitrogen and oxygen atoms in total. The van der Waals surface area contributed by atoms with Crippen molar-refractivity contribution in [1.82, 2.24) is 5.32 Å². The number of Topliss-reactive ketones (excluding diaryl/α,β-unsaturated/α-hetero) is 1. The highest BCUT2D eigenvalue weighted by Crippen LogP contribution is 2.25. The Labute approximate surface area is 217 Å². The third kappa shape index (κ3) is 8.26. The van der Waals surface area contributed by atoms with E-state index in [1.807, 2.05) is 13.0 Å². The first-order valence-electron chi connectivity index (χ1n) is 12.1. The van der Waals surface area contributed by atoms with Gasteiger partial charge in [-0.05, 0) is 51.5 Å². The quantitative estimate of drug-likeness (QED) is 0.429. The van der Waals surface area contributed by atoms with Crippen LogP contribution in [0, 0.1) is 0 Å². The summed E-state index contributed by atoms with van der Waals surface area (Å²) >= 11 is 0. The van der Waals surface area contributed by atoms with Crippen molar-refractivity contribution in [3.63, 3.8) is 0 Å². The molecule has 2 rings (SSSR count). The predicted molar refractivity (Wildman–Crippen MR) is 136 cm³/mol. The summed E-state index contributed by atoms with van der Waals surface area (Å²) in [5.41, 5.74) is 6.44. The molecule has 0 aromatic carbocycles. The third-order valence-electron chi connectivity index (χ3n) is 6.25. The molecular weight excluding hydrogens is 480 g/mol. The number of rotatable bonds is 4. The van der Waals surface area contributed by atoms with E-state index in [0.29, 0.717) is 25.7 Å². The second kappa shape index (κ2) is 14.3. The molecule has 202 valence electrons. The normalized spacial score (nSPS) is 28.3. The van der Waals surface area contributed by atoms with Crippen molar-refractivity contribution >= 4 is 23.6 Å². The van der Waals surface area contributed by atoms with Crippen LogP contribution < -0.4 is 11.1 Å². The van der Waals surface area contributed by atoms with Gasteiger partial charge in [-0.1, -0.05) is 24.3 Å². The molecule has 1 aliphatic heterocycles. The Morgan fingerprint density at radius 1 is 1.08 bits per heavy atom. The number of methoxy groups -OCH3 is 3. The molecule has 10 heteroatoms. The van der Waals surface area contributed by atoms with Gasteiger partial charge < -0.3 is 30.0 Å². The van der Waals surface area contributed by atoms with E-state index in [9.17, 15) is 19.2 Å². The molecule has 3 unspecified atom stereocenters. The lowest BCUT2D eigenvalue weighted by Gasteiger charge is -2.24. The summed E-state index contributed by atoms with van der Waals surface area (Å²) in [4.78, 5) is 50.0. The highest BCUT2D eigenvalue weighted by atomic mass is 16.6. The third-order valence-corrected chi connectivity index (χ3v) is 6.25. The van der Waals surface area contributed by atoms with Gasteiger partial charge in [0, 0.05) is 31.4 Å². The number of nitrogens with one attached hydrogen (secondary N) is 1. The molecule has 1 aliphatic carbocycles. The zero-order chi connectivity index (χ0) is 27.5. The van der Waals surface area contributed by atoms with Crippen LogP contribution in [0.3, 0.4) is 0 Å². The molecule has 0 saturated carbocycles. The molecule has 0 radical (unpaired) electrons. The first-order chi connectivity index (χ1) is 17.6. The number of carbonyl (C=O) groups is 4. The predicted octanol–water partition coefficient (Wildman–Crippen LogP) is 2.95. The van der Waals surface area contributed by atoms with Crippen molar-refractivity contribution in [2.45, 2.75) is 64.3 Å². The minimum atomic E-state index is -0.934. The van der Waals surface area contributed by atoms with Crippen LogP contribution in [0.15, 0.2) is 58.6 Å². The molecular formula is C27H36N2O8. The van der Waals surface area contributed by atoms with E-state index in [-0.39, 0.29) is 35.1 Å². The van der Waals surface area contributed by atoms with Gasteiger partial charge in [0.15, 0.2) is 11.9 Å². The monoisotopic (exact) mass is 516 g/mol. The van der Waals surface area contributed by atoms with Crippen LogP contribution in [0.25, 0.3) is 0 Å². The number of allylic oxidation sites excluding steroid dienone is 5. The Hall–Kier alpha value is -3.50. The van der Waals surface area contributed by atoms with E-state index in [4.69, 9.17) is 24.7 Å². The molecule has 2 bridgehead atoms. The van der Waals surface area contributed by atoms with E-state index < -0.39 is 35.8 Å². The van der Waals surface area contributed by atoms with E-state index in [0.717, 1.165) is 11.6 Å². The second-order valence-corrected chi connectivity index (χ2v) is 8.79. The van der Waals surface area contributed by atoms with Crippen molar-refractivity contribution < 1.29 is 38.1 Å². The molecule has 3 atom stereocenters. The molecule has 0 aromatic rings. The summed E-state index contributed by atoms with van der Waals surface area (Å²) in [5, 5.41) is 2.53. The van der Waals surface area contributed by atoms with Crippen molar-refractivity contribution in [3.8, 4) is 0 Å². The largest absolute Gasteiger partial charge is 0.492 e. The Balaban J connectivity index is 2.44. The van der Waals surface area contributed by atoms with Gasteiger partial charge in [-0.3, -0.25) is 14.4 Å². The number of ether oxygens (including phenoxy) is 4. The molecule has 2 amide bonds.